The van der Waals surface area contributed by atoms with Crippen molar-refractivity contribution in [1.82, 2.24) is 19.3 Å². The van der Waals surface area contributed by atoms with E-state index < -0.39 is 6.36 Å². The molecule has 0 atom stereocenters. The molecule has 142 valence electrons. The van der Waals surface area contributed by atoms with E-state index in [1.54, 1.807) is 48.6 Å². The Morgan fingerprint density at radius 2 is 1.82 bits per heavy atom. The molecule has 0 aliphatic rings. The first-order valence-electron chi connectivity index (χ1n) is 8.17. The van der Waals surface area contributed by atoms with Crippen LogP contribution in [0.1, 0.15) is 0 Å². The summed E-state index contributed by atoms with van der Waals surface area (Å²) in [6, 6.07) is 8.40. The summed E-state index contributed by atoms with van der Waals surface area (Å²) >= 11 is 0. The van der Waals surface area contributed by atoms with Gasteiger partial charge in [0.05, 0.1) is 17.1 Å². The molecule has 0 amide bonds. The van der Waals surface area contributed by atoms with Gasteiger partial charge in [-0.3, -0.25) is 19.0 Å². The predicted molar refractivity (Wildman–Crippen MR) is 96.2 cm³/mol. The van der Waals surface area contributed by atoms with Crippen molar-refractivity contribution in [3.8, 4) is 22.6 Å². The van der Waals surface area contributed by atoms with Crippen molar-refractivity contribution in [2.24, 2.45) is 7.05 Å². The van der Waals surface area contributed by atoms with Crippen molar-refractivity contribution in [2.45, 2.75) is 6.36 Å². The molecule has 0 spiro atoms. The Kier molecular flexibility index (Phi) is 4.14. The van der Waals surface area contributed by atoms with E-state index in [2.05, 4.69) is 14.8 Å². The molecule has 0 unspecified atom stereocenters. The average Bonchev–Trinajstić information content (AvgIpc) is 3.08. The van der Waals surface area contributed by atoms with Crippen molar-refractivity contribution in [3.05, 3.63) is 71.5 Å². The van der Waals surface area contributed by atoms with Gasteiger partial charge >= 0.3 is 6.36 Å². The smallest absolute Gasteiger partial charge is 0.406 e. The van der Waals surface area contributed by atoms with Crippen LogP contribution in [0.25, 0.3) is 27.7 Å². The molecule has 28 heavy (non-hydrogen) atoms. The minimum absolute atomic E-state index is 0.333. The summed E-state index contributed by atoms with van der Waals surface area (Å²) in [5.74, 6) is -0.362. The molecule has 0 saturated carbocycles. The lowest BCUT2D eigenvalue weighted by atomic mass is 10.1. The molecule has 6 nitrogen and oxygen atoms in total. The largest absolute Gasteiger partial charge is 0.573 e. The van der Waals surface area contributed by atoms with E-state index in [9.17, 15) is 18.0 Å². The summed E-state index contributed by atoms with van der Waals surface area (Å²) in [5, 5.41) is 4.54. The zero-order chi connectivity index (χ0) is 19.9. The summed E-state index contributed by atoms with van der Waals surface area (Å²) in [6.45, 7) is 0. The molecule has 0 bridgehead atoms. The third kappa shape index (κ3) is 3.34. The Hall–Kier alpha value is -3.62. The molecule has 0 aliphatic heterocycles. The van der Waals surface area contributed by atoms with Crippen LogP contribution in [0, 0.1) is 0 Å². The highest BCUT2D eigenvalue weighted by atomic mass is 19.4. The molecule has 1 aromatic carbocycles. The van der Waals surface area contributed by atoms with Gasteiger partial charge in [-0.05, 0) is 36.4 Å². The Bertz CT molecular complexity index is 1210. The Labute approximate surface area is 156 Å². The van der Waals surface area contributed by atoms with E-state index in [0.717, 1.165) is 17.7 Å². The fraction of sp³-hybridized carbons (Fsp3) is 0.105. The summed E-state index contributed by atoms with van der Waals surface area (Å²) in [7, 11) is 1.77. The quantitative estimate of drug-likeness (QED) is 0.539. The number of benzene rings is 1. The van der Waals surface area contributed by atoms with Crippen molar-refractivity contribution >= 4 is 10.9 Å². The van der Waals surface area contributed by atoms with E-state index in [1.807, 2.05) is 0 Å². The average molecular weight is 386 g/mol. The SMILES string of the molecule is Cn1cc(-c2cn(-c3ccc(OC(F)(F)F)cc3)c(=O)c3cccnc23)cn1. The third-order valence-corrected chi connectivity index (χ3v) is 4.13. The van der Waals surface area contributed by atoms with Gasteiger partial charge in [-0.15, -0.1) is 13.2 Å². The monoisotopic (exact) mass is 386 g/mol. The van der Waals surface area contributed by atoms with Gasteiger partial charge in [0.15, 0.2) is 0 Å². The number of alkyl halides is 3. The van der Waals surface area contributed by atoms with Crippen LogP contribution in [0.15, 0.2) is 66.0 Å². The topological polar surface area (TPSA) is 61.9 Å². The first-order valence-corrected chi connectivity index (χ1v) is 8.17. The second kappa shape index (κ2) is 6.52. The van der Waals surface area contributed by atoms with Crippen LogP contribution in [0.2, 0.25) is 0 Å². The number of pyridine rings is 2. The Balaban J connectivity index is 1.88. The number of halogens is 3. The fourth-order valence-corrected chi connectivity index (χ4v) is 2.94. The normalized spacial score (nSPS) is 11.7. The second-order valence-electron chi connectivity index (χ2n) is 6.06. The highest BCUT2D eigenvalue weighted by Gasteiger charge is 2.31. The van der Waals surface area contributed by atoms with E-state index >= 15 is 0 Å². The lowest BCUT2D eigenvalue weighted by molar-refractivity contribution is -0.274. The molecule has 0 fully saturated rings. The molecular formula is C19H13F3N4O2. The number of rotatable bonds is 3. The molecule has 3 aromatic heterocycles. The van der Waals surface area contributed by atoms with Crippen LogP contribution in [0.3, 0.4) is 0 Å². The number of hydrogen-bond acceptors (Lipinski definition) is 4. The van der Waals surface area contributed by atoms with Gasteiger partial charge in [-0.2, -0.15) is 5.10 Å². The number of aryl methyl sites for hydroxylation is 1. The standard InChI is InChI=1S/C19H13F3N4O2/c1-25-10-12(9-24-25)16-11-26(18(27)15-3-2-8-23-17(15)16)13-4-6-14(7-5-13)28-19(20,21)22/h2-11H,1H3. The van der Waals surface area contributed by atoms with Crippen LogP contribution in [-0.4, -0.2) is 25.7 Å². The second-order valence-corrected chi connectivity index (χ2v) is 6.06. The maximum atomic E-state index is 12.9. The van der Waals surface area contributed by atoms with Crippen LogP contribution >= 0.6 is 0 Å². The summed E-state index contributed by atoms with van der Waals surface area (Å²) in [6.07, 6.45) is 1.86. The number of fused-ring (bicyclic) bond motifs is 1. The minimum atomic E-state index is -4.78. The van der Waals surface area contributed by atoms with E-state index in [4.69, 9.17) is 0 Å². The van der Waals surface area contributed by atoms with Gasteiger partial charge in [-0.25, -0.2) is 0 Å². The van der Waals surface area contributed by atoms with Crippen molar-refractivity contribution in [3.63, 3.8) is 0 Å². The lowest BCUT2D eigenvalue weighted by Crippen LogP contribution is -2.19. The number of nitrogens with zero attached hydrogens (tertiary/aromatic N) is 4. The van der Waals surface area contributed by atoms with Gasteiger partial charge in [0.1, 0.15) is 5.75 Å². The molecule has 3 heterocycles. The molecule has 0 saturated heterocycles. The zero-order valence-corrected chi connectivity index (χ0v) is 14.5. The molecular weight excluding hydrogens is 373 g/mol. The van der Waals surface area contributed by atoms with Gasteiger partial charge in [0.2, 0.25) is 0 Å². The zero-order valence-electron chi connectivity index (χ0n) is 14.5. The highest BCUT2D eigenvalue weighted by molar-refractivity contribution is 5.92. The van der Waals surface area contributed by atoms with E-state index in [-0.39, 0.29) is 11.3 Å². The fourth-order valence-electron chi connectivity index (χ4n) is 2.94. The van der Waals surface area contributed by atoms with Crippen LogP contribution in [-0.2, 0) is 7.05 Å². The molecule has 0 radical (unpaired) electrons. The molecule has 0 aliphatic carbocycles. The molecule has 0 N–H and O–H groups in total. The maximum absolute atomic E-state index is 12.9. The molecule has 4 aromatic rings. The first-order chi connectivity index (χ1) is 13.3. The van der Waals surface area contributed by atoms with Gasteiger partial charge in [-0.1, -0.05) is 0 Å². The summed E-state index contributed by atoms with van der Waals surface area (Å²) in [4.78, 5) is 17.2. The predicted octanol–water partition coefficient (Wildman–Crippen LogP) is 3.68. The lowest BCUT2D eigenvalue weighted by Gasteiger charge is -2.12. The van der Waals surface area contributed by atoms with Gasteiger partial charge < -0.3 is 4.74 Å². The number of ether oxygens (including phenoxy) is 1. The summed E-state index contributed by atoms with van der Waals surface area (Å²) in [5.41, 5.74) is 2.03. The maximum Gasteiger partial charge on any atom is 0.573 e. The third-order valence-electron chi connectivity index (χ3n) is 4.13. The molecule has 9 heteroatoms. The first kappa shape index (κ1) is 17.8. The van der Waals surface area contributed by atoms with Crippen LogP contribution < -0.4 is 10.3 Å². The van der Waals surface area contributed by atoms with Gasteiger partial charge in [0, 0.05) is 42.5 Å². The van der Waals surface area contributed by atoms with E-state index in [0.29, 0.717) is 22.2 Å². The van der Waals surface area contributed by atoms with Crippen LogP contribution in [0.5, 0.6) is 5.75 Å². The highest BCUT2D eigenvalue weighted by Crippen LogP contribution is 2.27. The van der Waals surface area contributed by atoms with Crippen molar-refractivity contribution in [1.29, 1.82) is 0 Å². The van der Waals surface area contributed by atoms with Crippen molar-refractivity contribution < 1.29 is 17.9 Å². The van der Waals surface area contributed by atoms with Crippen LogP contribution in [0.4, 0.5) is 13.2 Å². The van der Waals surface area contributed by atoms with E-state index in [1.165, 1.54) is 16.7 Å². The number of hydrogen-bond donors (Lipinski definition) is 0. The number of aromatic nitrogens is 4. The minimum Gasteiger partial charge on any atom is -0.406 e. The summed E-state index contributed by atoms with van der Waals surface area (Å²) < 4.78 is 43.9. The van der Waals surface area contributed by atoms with Crippen molar-refractivity contribution in [2.75, 3.05) is 0 Å². The Morgan fingerprint density at radius 1 is 1.07 bits per heavy atom. The van der Waals surface area contributed by atoms with Gasteiger partial charge in [0.25, 0.3) is 5.56 Å². The molecule has 4 rings (SSSR count). The Morgan fingerprint density at radius 3 is 2.46 bits per heavy atom.